The van der Waals surface area contributed by atoms with Crippen LogP contribution in [0.15, 0.2) is 45.2 Å². The van der Waals surface area contributed by atoms with Gasteiger partial charge in [-0.05, 0) is 28.1 Å². The highest BCUT2D eigenvalue weighted by Gasteiger charge is 2.65. The van der Waals surface area contributed by atoms with E-state index in [9.17, 15) is 18.0 Å². The molecule has 0 radical (unpaired) electrons. The summed E-state index contributed by atoms with van der Waals surface area (Å²) in [6, 6.07) is 5.29. The average molecular weight is 402 g/mol. The largest absolute Gasteiger partial charge is 0.442 e. The van der Waals surface area contributed by atoms with Crippen LogP contribution in [0.2, 0.25) is 0 Å². The Labute approximate surface area is 142 Å². The van der Waals surface area contributed by atoms with Gasteiger partial charge in [-0.1, -0.05) is 12.1 Å². The summed E-state index contributed by atoms with van der Waals surface area (Å²) in [6.45, 7) is 0. The lowest BCUT2D eigenvalue weighted by Gasteiger charge is -2.15. The van der Waals surface area contributed by atoms with Crippen molar-refractivity contribution < 1.29 is 18.0 Å². The molecule has 24 heavy (non-hydrogen) atoms. The highest BCUT2D eigenvalue weighted by Crippen LogP contribution is 2.52. The number of hydrogen-bond acceptors (Lipinski definition) is 4. The van der Waals surface area contributed by atoms with Crippen molar-refractivity contribution in [1.82, 2.24) is 9.78 Å². The number of rotatable bonds is 4. The molecule has 1 aromatic carbocycles. The molecular formula is C14H11BrF3N5O. The predicted octanol–water partition coefficient (Wildman–Crippen LogP) is 3.54. The zero-order valence-electron chi connectivity index (χ0n) is 12.3. The Morgan fingerprint density at radius 3 is 2.38 bits per heavy atom. The van der Waals surface area contributed by atoms with E-state index >= 15 is 0 Å². The molecule has 2 heterocycles. The molecule has 0 aliphatic carbocycles. The van der Waals surface area contributed by atoms with Crippen LogP contribution in [0.25, 0.3) is 0 Å². The molecule has 0 saturated carbocycles. The lowest BCUT2D eigenvalue weighted by atomic mass is 10.0. The maximum atomic E-state index is 12.9. The number of nitrogens with one attached hydrogen (secondary N) is 1. The molecule has 126 valence electrons. The summed E-state index contributed by atoms with van der Waals surface area (Å²) >= 11 is 3.30. The van der Waals surface area contributed by atoms with Gasteiger partial charge in [0.1, 0.15) is 0 Å². The second-order valence-electron chi connectivity index (χ2n) is 5.24. The first-order valence-electron chi connectivity index (χ1n) is 6.80. The Morgan fingerprint density at radius 1 is 1.29 bits per heavy atom. The molecule has 3 rings (SSSR count). The van der Waals surface area contributed by atoms with Crippen LogP contribution in [0, 0.1) is 0 Å². The van der Waals surface area contributed by atoms with Crippen molar-refractivity contribution in [2.75, 3.05) is 5.32 Å². The second kappa shape index (κ2) is 5.69. The number of aromatic nitrogens is 2. The van der Waals surface area contributed by atoms with Crippen LogP contribution < -0.4 is 5.32 Å². The molecule has 0 bridgehead atoms. The van der Waals surface area contributed by atoms with E-state index in [0.29, 0.717) is 15.9 Å². The van der Waals surface area contributed by atoms with Crippen molar-refractivity contribution in [3.63, 3.8) is 0 Å². The fraction of sp³-hybridized carbons (Fsp3) is 0.286. The number of nitrogens with zero attached hydrogens (tertiary/aromatic N) is 4. The average Bonchev–Trinajstić information content (AvgIpc) is 3.27. The SMILES string of the molecule is Cn1ncc(Br)c1CC(=O)Nc1ccc(C2(C(F)(F)F)N=N2)cc1. The smallest absolute Gasteiger partial charge is 0.326 e. The summed E-state index contributed by atoms with van der Waals surface area (Å²) < 4.78 is 41.0. The first kappa shape index (κ1) is 16.6. The number of hydrogen-bond donors (Lipinski definition) is 1. The van der Waals surface area contributed by atoms with Crippen LogP contribution in [0.4, 0.5) is 18.9 Å². The number of benzene rings is 1. The zero-order chi connectivity index (χ0) is 17.5. The molecule has 0 atom stereocenters. The van der Waals surface area contributed by atoms with Gasteiger partial charge in [-0.15, -0.1) is 10.2 Å². The van der Waals surface area contributed by atoms with Crippen LogP contribution in [-0.4, -0.2) is 21.9 Å². The van der Waals surface area contributed by atoms with Gasteiger partial charge in [0.05, 0.1) is 22.8 Å². The number of anilines is 1. The number of aryl methyl sites for hydroxylation is 1. The molecule has 0 spiro atoms. The van der Waals surface area contributed by atoms with Gasteiger partial charge in [-0.3, -0.25) is 9.48 Å². The summed E-state index contributed by atoms with van der Waals surface area (Å²) in [5.74, 6) is -0.307. The van der Waals surface area contributed by atoms with E-state index in [2.05, 4.69) is 36.6 Å². The predicted molar refractivity (Wildman–Crippen MR) is 82.3 cm³/mol. The van der Waals surface area contributed by atoms with Gasteiger partial charge in [0.15, 0.2) is 0 Å². The van der Waals surface area contributed by atoms with Gasteiger partial charge in [0.2, 0.25) is 5.91 Å². The maximum absolute atomic E-state index is 12.9. The Balaban J connectivity index is 1.68. The number of carbonyl (C=O) groups excluding carboxylic acids is 1. The fourth-order valence-electron chi connectivity index (χ4n) is 2.22. The van der Waals surface area contributed by atoms with E-state index in [1.807, 2.05) is 0 Å². The van der Waals surface area contributed by atoms with Gasteiger partial charge in [0, 0.05) is 18.3 Å². The van der Waals surface area contributed by atoms with Crippen molar-refractivity contribution >= 4 is 27.5 Å². The van der Waals surface area contributed by atoms with E-state index in [4.69, 9.17) is 0 Å². The Morgan fingerprint density at radius 2 is 1.92 bits per heavy atom. The Bertz CT molecular complexity index is 787. The highest BCUT2D eigenvalue weighted by atomic mass is 79.9. The van der Waals surface area contributed by atoms with Gasteiger partial charge >= 0.3 is 11.8 Å². The van der Waals surface area contributed by atoms with Gasteiger partial charge < -0.3 is 5.32 Å². The number of amides is 1. The summed E-state index contributed by atoms with van der Waals surface area (Å²) in [7, 11) is 1.71. The third kappa shape index (κ3) is 2.93. The molecule has 0 saturated heterocycles. The minimum atomic E-state index is -4.57. The topological polar surface area (TPSA) is 71.6 Å². The zero-order valence-corrected chi connectivity index (χ0v) is 13.9. The molecular weight excluding hydrogens is 391 g/mol. The molecule has 0 unspecified atom stereocenters. The van der Waals surface area contributed by atoms with Gasteiger partial charge in [0.25, 0.3) is 0 Å². The number of halogens is 4. The molecule has 1 aromatic heterocycles. The molecule has 6 nitrogen and oxygen atoms in total. The van der Waals surface area contributed by atoms with Crippen molar-refractivity contribution in [1.29, 1.82) is 0 Å². The van der Waals surface area contributed by atoms with E-state index < -0.39 is 11.8 Å². The second-order valence-corrected chi connectivity index (χ2v) is 6.09. The van der Waals surface area contributed by atoms with Crippen molar-refractivity contribution in [2.45, 2.75) is 18.3 Å². The van der Waals surface area contributed by atoms with Crippen LogP contribution in [0.1, 0.15) is 11.3 Å². The summed E-state index contributed by atoms with van der Waals surface area (Å²) in [4.78, 5) is 12.0. The Hall–Kier alpha value is -2.23. The molecule has 1 aliphatic rings. The van der Waals surface area contributed by atoms with Crippen molar-refractivity contribution in [3.05, 3.63) is 46.2 Å². The highest BCUT2D eigenvalue weighted by molar-refractivity contribution is 9.10. The third-order valence-corrected chi connectivity index (χ3v) is 4.27. The standard InChI is InChI=1S/C14H11BrF3N5O/c1-23-11(10(15)7-19-23)6-12(24)20-9-4-2-8(3-5-9)13(21-22-13)14(16,17)18/h2-5,7H,6H2,1H3,(H,20,24). The molecule has 2 aromatic rings. The van der Waals surface area contributed by atoms with Crippen LogP contribution in [0.3, 0.4) is 0 Å². The lowest BCUT2D eigenvalue weighted by Crippen LogP contribution is -2.30. The molecule has 1 aliphatic heterocycles. The normalized spacial score (nSPS) is 15.4. The lowest BCUT2D eigenvalue weighted by molar-refractivity contribution is -0.166. The van der Waals surface area contributed by atoms with Gasteiger partial charge in [-0.2, -0.15) is 18.3 Å². The van der Waals surface area contributed by atoms with E-state index in [0.717, 1.165) is 0 Å². The van der Waals surface area contributed by atoms with Crippen LogP contribution in [-0.2, 0) is 23.9 Å². The molecule has 1 N–H and O–H groups in total. The summed E-state index contributed by atoms with van der Waals surface area (Å²) in [6.07, 6.45) is -2.91. The molecule has 10 heteroatoms. The number of alkyl halides is 3. The van der Waals surface area contributed by atoms with Crippen molar-refractivity contribution in [3.8, 4) is 0 Å². The van der Waals surface area contributed by atoms with Crippen molar-refractivity contribution in [2.24, 2.45) is 17.3 Å². The Kier molecular flexibility index (Phi) is 3.94. The summed E-state index contributed by atoms with van der Waals surface area (Å²) in [5, 5.41) is 12.9. The maximum Gasteiger partial charge on any atom is 0.442 e. The molecule has 0 fully saturated rings. The number of carbonyl (C=O) groups is 1. The first-order valence-corrected chi connectivity index (χ1v) is 7.60. The van der Waals surface area contributed by atoms with E-state index in [-0.39, 0.29) is 17.9 Å². The monoisotopic (exact) mass is 401 g/mol. The quantitative estimate of drug-likeness (QED) is 0.850. The van der Waals surface area contributed by atoms with E-state index in [1.165, 1.54) is 24.3 Å². The molecule has 1 amide bonds. The first-order chi connectivity index (χ1) is 11.2. The van der Waals surface area contributed by atoms with E-state index in [1.54, 1.807) is 17.9 Å². The summed E-state index contributed by atoms with van der Waals surface area (Å²) in [5.41, 5.74) is -1.45. The minimum absolute atomic E-state index is 0.0794. The van der Waals surface area contributed by atoms with Gasteiger partial charge in [-0.25, -0.2) is 0 Å². The minimum Gasteiger partial charge on any atom is -0.326 e. The van der Waals surface area contributed by atoms with Crippen LogP contribution in [0.5, 0.6) is 0 Å². The van der Waals surface area contributed by atoms with Crippen LogP contribution >= 0.6 is 15.9 Å². The third-order valence-electron chi connectivity index (χ3n) is 3.61. The fourth-order valence-corrected chi connectivity index (χ4v) is 2.71.